The monoisotopic (exact) mass is 368 g/mol. The van der Waals surface area contributed by atoms with Crippen LogP contribution in [0.15, 0.2) is 24.3 Å². The molecule has 0 bridgehead atoms. The van der Waals surface area contributed by atoms with Crippen LogP contribution in [0.3, 0.4) is 0 Å². The Bertz CT molecular complexity index is 715. The third kappa shape index (κ3) is 5.02. The predicted molar refractivity (Wildman–Crippen MR) is 93.7 cm³/mol. The fourth-order valence-corrected chi connectivity index (χ4v) is 4.69. The second-order valence-corrected chi connectivity index (χ2v) is 8.20. The number of hydrogen-bond donors (Lipinski definition) is 2. The van der Waals surface area contributed by atoms with Gasteiger partial charge in [-0.15, -0.1) is 0 Å². The molecule has 1 atom stereocenters. The highest BCUT2D eigenvalue weighted by atomic mass is 32.2. The lowest BCUT2D eigenvalue weighted by Gasteiger charge is -2.33. The average molecular weight is 368 g/mol. The standard InChI is InChI=1S/C17H24N2O5S/c1-2-11-25(23,24)19-10-4-3-5-15(19)16(20)18-12-13-6-8-14(9-7-13)17(21)22/h6-9,15H,2-5,10-12H2,1H3,(H,18,20)(H,21,22). The normalized spacial score (nSPS) is 18.7. The van der Waals surface area contributed by atoms with Crippen LogP contribution in [0.4, 0.5) is 0 Å². The number of benzene rings is 1. The van der Waals surface area contributed by atoms with E-state index in [1.807, 2.05) is 0 Å². The first kappa shape index (κ1) is 19.4. The topological polar surface area (TPSA) is 104 Å². The number of piperidine rings is 1. The summed E-state index contributed by atoms with van der Waals surface area (Å²) in [6, 6.07) is 5.56. The molecule has 0 radical (unpaired) electrons. The highest BCUT2D eigenvalue weighted by Gasteiger charge is 2.35. The van der Waals surface area contributed by atoms with Gasteiger partial charge in [-0.25, -0.2) is 13.2 Å². The Morgan fingerprint density at radius 2 is 1.92 bits per heavy atom. The minimum atomic E-state index is -3.42. The number of carbonyl (C=O) groups excluding carboxylic acids is 1. The summed E-state index contributed by atoms with van der Waals surface area (Å²) in [4.78, 5) is 23.3. The van der Waals surface area contributed by atoms with Crippen LogP contribution in [0, 0.1) is 0 Å². The Morgan fingerprint density at radius 3 is 2.52 bits per heavy atom. The van der Waals surface area contributed by atoms with Crippen molar-refractivity contribution >= 4 is 21.9 Å². The van der Waals surface area contributed by atoms with Crippen LogP contribution in [0.25, 0.3) is 0 Å². The van der Waals surface area contributed by atoms with E-state index in [4.69, 9.17) is 5.11 Å². The molecule has 25 heavy (non-hydrogen) atoms. The maximum absolute atomic E-state index is 12.5. The van der Waals surface area contributed by atoms with Crippen molar-refractivity contribution in [1.82, 2.24) is 9.62 Å². The van der Waals surface area contributed by atoms with Gasteiger partial charge in [0.1, 0.15) is 6.04 Å². The van der Waals surface area contributed by atoms with Crippen LogP contribution >= 0.6 is 0 Å². The summed E-state index contributed by atoms with van der Waals surface area (Å²) in [5, 5.41) is 11.7. The highest BCUT2D eigenvalue weighted by molar-refractivity contribution is 7.89. The van der Waals surface area contributed by atoms with E-state index < -0.39 is 22.0 Å². The van der Waals surface area contributed by atoms with Gasteiger partial charge in [0.05, 0.1) is 11.3 Å². The van der Waals surface area contributed by atoms with Gasteiger partial charge in [0.2, 0.25) is 15.9 Å². The molecular weight excluding hydrogens is 344 g/mol. The summed E-state index contributed by atoms with van der Waals surface area (Å²) < 4.78 is 26.1. The average Bonchev–Trinajstić information content (AvgIpc) is 2.60. The number of amides is 1. The summed E-state index contributed by atoms with van der Waals surface area (Å²) in [6.07, 6.45) is 2.63. The quantitative estimate of drug-likeness (QED) is 0.761. The summed E-state index contributed by atoms with van der Waals surface area (Å²) in [6.45, 7) is 2.42. The number of carboxylic acid groups (broad SMARTS) is 1. The van der Waals surface area contributed by atoms with E-state index in [0.29, 0.717) is 19.4 Å². The molecule has 2 N–H and O–H groups in total. The second kappa shape index (κ2) is 8.44. The molecule has 1 aromatic carbocycles. The van der Waals surface area contributed by atoms with Gasteiger partial charge in [-0.05, 0) is 37.0 Å². The molecule has 1 heterocycles. The van der Waals surface area contributed by atoms with Crippen molar-refractivity contribution < 1.29 is 23.1 Å². The van der Waals surface area contributed by atoms with Crippen LogP contribution in [0.1, 0.15) is 48.5 Å². The van der Waals surface area contributed by atoms with E-state index in [0.717, 1.165) is 18.4 Å². The Balaban J connectivity index is 2.01. The highest BCUT2D eigenvalue weighted by Crippen LogP contribution is 2.21. The SMILES string of the molecule is CCCS(=O)(=O)N1CCCCC1C(=O)NCc1ccc(C(=O)O)cc1. The number of carbonyl (C=O) groups is 2. The van der Waals surface area contributed by atoms with Crippen molar-refractivity contribution in [3.63, 3.8) is 0 Å². The number of hydrogen-bond acceptors (Lipinski definition) is 4. The Hall–Kier alpha value is -1.93. The van der Waals surface area contributed by atoms with E-state index in [2.05, 4.69) is 5.32 Å². The molecule has 1 fully saturated rings. The lowest BCUT2D eigenvalue weighted by molar-refractivity contribution is -0.125. The maximum atomic E-state index is 12.5. The van der Waals surface area contributed by atoms with E-state index in [-0.39, 0.29) is 23.8 Å². The summed E-state index contributed by atoms with van der Waals surface area (Å²) >= 11 is 0. The number of nitrogens with zero attached hydrogens (tertiary/aromatic N) is 1. The largest absolute Gasteiger partial charge is 0.478 e. The van der Waals surface area contributed by atoms with Gasteiger partial charge >= 0.3 is 5.97 Å². The molecule has 0 saturated carbocycles. The fourth-order valence-electron chi connectivity index (χ4n) is 2.95. The van der Waals surface area contributed by atoms with E-state index in [1.165, 1.54) is 16.4 Å². The molecule has 1 aromatic rings. The van der Waals surface area contributed by atoms with Crippen molar-refractivity contribution in [2.24, 2.45) is 0 Å². The Kier molecular flexibility index (Phi) is 6.55. The number of sulfonamides is 1. The van der Waals surface area contributed by atoms with Crippen molar-refractivity contribution in [2.45, 2.75) is 45.2 Å². The lowest BCUT2D eigenvalue weighted by Crippen LogP contribution is -2.52. The first-order valence-electron chi connectivity index (χ1n) is 8.44. The van der Waals surface area contributed by atoms with E-state index >= 15 is 0 Å². The molecule has 1 aliphatic heterocycles. The molecule has 0 aromatic heterocycles. The second-order valence-electron chi connectivity index (χ2n) is 6.16. The summed E-state index contributed by atoms with van der Waals surface area (Å²) in [5.74, 6) is -1.26. The number of rotatable bonds is 7. The first-order valence-corrected chi connectivity index (χ1v) is 10.1. The van der Waals surface area contributed by atoms with Crippen molar-refractivity contribution in [1.29, 1.82) is 0 Å². The molecule has 0 aliphatic carbocycles. The molecule has 2 rings (SSSR count). The smallest absolute Gasteiger partial charge is 0.335 e. The fraction of sp³-hybridized carbons (Fsp3) is 0.529. The molecule has 0 spiro atoms. The minimum Gasteiger partial charge on any atom is -0.478 e. The number of aromatic carboxylic acids is 1. The molecule has 1 saturated heterocycles. The molecule has 1 amide bonds. The summed E-state index contributed by atoms with van der Waals surface area (Å²) in [5.41, 5.74) is 0.941. The van der Waals surface area contributed by atoms with Gasteiger partial charge in [-0.1, -0.05) is 25.5 Å². The third-order valence-corrected chi connectivity index (χ3v) is 6.32. The van der Waals surface area contributed by atoms with Crippen LogP contribution in [0.5, 0.6) is 0 Å². The van der Waals surface area contributed by atoms with Gasteiger partial charge < -0.3 is 10.4 Å². The molecule has 1 unspecified atom stereocenters. The zero-order valence-electron chi connectivity index (χ0n) is 14.3. The van der Waals surface area contributed by atoms with Crippen LogP contribution in [-0.2, 0) is 21.4 Å². The van der Waals surface area contributed by atoms with Gasteiger partial charge in [-0.2, -0.15) is 4.31 Å². The molecule has 1 aliphatic rings. The van der Waals surface area contributed by atoms with Gasteiger partial charge in [0.25, 0.3) is 0 Å². The summed E-state index contributed by atoms with van der Waals surface area (Å²) in [7, 11) is -3.42. The van der Waals surface area contributed by atoms with E-state index in [1.54, 1.807) is 19.1 Å². The zero-order chi connectivity index (χ0) is 18.4. The van der Waals surface area contributed by atoms with Crippen LogP contribution < -0.4 is 5.32 Å². The minimum absolute atomic E-state index is 0.0490. The molecule has 7 nitrogen and oxygen atoms in total. The van der Waals surface area contributed by atoms with Crippen molar-refractivity contribution in [2.75, 3.05) is 12.3 Å². The van der Waals surface area contributed by atoms with Gasteiger partial charge in [0, 0.05) is 13.1 Å². The molecular formula is C17H24N2O5S. The molecule has 138 valence electrons. The predicted octanol–water partition coefficient (Wildman–Crippen LogP) is 1.60. The van der Waals surface area contributed by atoms with Gasteiger partial charge in [0.15, 0.2) is 0 Å². The maximum Gasteiger partial charge on any atom is 0.335 e. The van der Waals surface area contributed by atoms with Crippen molar-refractivity contribution in [3.05, 3.63) is 35.4 Å². The first-order chi connectivity index (χ1) is 11.8. The Morgan fingerprint density at radius 1 is 1.24 bits per heavy atom. The van der Waals surface area contributed by atoms with Gasteiger partial charge in [-0.3, -0.25) is 4.79 Å². The number of nitrogens with one attached hydrogen (secondary N) is 1. The number of carboxylic acids is 1. The van der Waals surface area contributed by atoms with Crippen LogP contribution in [0.2, 0.25) is 0 Å². The zero-order valence-corrected chi connectivity index (χ0v) is 15.1. The van der Waals surface area contributed by atoms with E-state index in [9.17, 15) is 18.0 Å². The van der Waals surface area contributed by atoms with Crippen LogP contribution in [-0.4, -0.2) is 48.0 Å². The van der Waals surface area contributed by atoms with Crippen molar-refractivity contribution in [3.8, 4) is 0 Å². The Labute approximate surface area is 148 Å². The third-order valence-electron chi connectivity index (χ3n) is 4.24. The molecule has 8 heteroatoms. The lowest BCUT2D eigenvalue weighted by atomic mass is 10.0.